The van der Waals surface area contributed by atoms with Crippen LogP contribution in [0, 0.1) is 6.92 Å². The maximum Gasteiger partial charge on any atom is 0.239 e. The zero-order valence-corrected chi connectivity index (χ0v) is 12.4. The monoisotopic (exact) mass is 282 g/mol. The summed E-state index contributed by atoms with van der Waals surface area (Å²) in [4.78, 5) is 14.1. The molecule has 2 rings (SSSR count). The molecular weight excluding hydrogens is 260 g/mol. The van der Waals surface area contributed by atoms with Crippen LogP contribution in [0.1, 0.15) is 18.4 Å². The van der Waals surface area contributed by atoms with Crippen molar-refractivity contribution >= 4 is 5.91 Å². The molecule has 0 radical (unpaired) electrons. The highest BCUT2D eigenvalue weighted by Crippen LogP contribution is 2.22. The molecule has 6 nitrogen and oxygen atoms in total. The molecule has 20 heavy (non-hydrogen) atoms. The number of ether oxygens (including phenoxy) is 2. The third kappa shape index (κ3) is 3.59. The summed E-state index contributed by atoms with van der Waals surface area (Å²) in [5.74, 6) is 1.77. The highest BCUT2D eigenvalue weighted by molar-refractivity contribution is 5.84. The lowest BCUT2D eigenvalue weighted by molar-refractivity contribution is -0.136. The number of carbonyl (C=O) groups excluding carboxylic acids is 1. The van der Waals surface area contributed by atoms with Gasteiger partial charge in [-0.15, -0.1) is 0 Å². The van der Waals surface area contributed by atoms with Gasteiger partial charge in [-0.3, -0.25) is 9.69 Å². The quantitative estimate of drug-likeness (QED) is 0.594. The van der Waals surface area contributed by atoms with Crippen molar-refractivity contribution in [2.24, 2.45) is 0 Å². The van der Waals surface area contributed by atoms with E-state index in [1.54, 1.807) is 14.2 Å². The van der Waals surface area contributed by atoms with Crippen molar-refractivity contribution in [3.63, 3.8) is 0 Å². The molecule has 0 spiro atoms. The van der Waals surface area contributed by atoms with E-state index in [0.29, 0.717) is 6.54 Å². The van der Waals surface area contributed by atoms with E-state index in [9.17, 15) is 4.79 Å². The Morgan fingerprint density at radius 3 is 2.75 bits per heavy atom. The van der Waals surface area contributed by atoms with Gasteiger partial charge in [0, 0.05) is 20.8 Å². The van der Waals surface area contributed by atoms with Gasteiger partial charge in [-0.25, -0.2) is 0 Å². The summed E-state index contributed by atoms with van der Waals surface area (Å²) in [5, 5.41) is 2.90. The van der Waals surface area contributed by atoms with E-state index in [1.165, 1.54) is 0 Å². The topological polar surface area (TPSA) is 63.7 Å². The third-order valence-corrected chi connectivity index (χ3v) is 3.42. The minimum Gasteiger partial charge on any atom is -0.465 e. The number of carbonyl (C=O) groups is 1. The SMILES string of the molecule is COC(OC)C(C)NC(=O)C1CN1Cc1ccc(C)o1. The highest BCUT2D eigenvalue weighted by atomic mass is 16.7. The minimum atomic E-state index is -0.432. The number of amides is 1. The Labute approximate surface area is 119 Å². The molecule has 6 heteroatoms. The van der Waals surface area contributed by atoms with Gasteiger partial charge in [0.1, 0.15) is 17.6 Å². The molecular formula is C14H22N2O4. The summed E-state index contributed by atoms with van der Waals surface area (Å²) >= 11 is 0. The fourth-order valence-electron chi connectivity index (χ4n) is 2.26. The van der Waals surface area contributed by atoms with Crippen LogP contribution in [-0.4, -0.2) is 49.9 Å². The van der Waals surface area contributed by atoms with Crippen LogP contribution in [0.3, 0.4) is 0 Å². The summed E-state index contributed by atoms with van der Waals surface area (Å²) in [7, 11) is 3.11. The maximum atomic E-state index is 12.1. The number of hydrogen-bond donors (Lipinski definition) is 1. The van der Waals surface area contributed by atoms with Crippen molar-refractivity contribution in [1.82, 2.24) is 10.2 Å². The molecule has 1 aromatic heterocycles. The normalized spacial score (nSPS) is 22.9. The molecule has 112 valence electrons. The summed E-state index contributed by atoms with van der Waals surface area (Å²) in [6, 6.07) is 3.59. The van der Waals surface area contributed by atoms with Crippen LogP contribution < -0.4 is 5.32 Å². The summed E-state index contributed by atoms with van der Waals surface area (Å²) in [6.45, 7) is 5.19. The Kier molecular flexibility index (Phi) is 4.80. The van der Waals surface area contributed by atoms with Crippen molar-refractivity contribution in [1.29, 1.82) is 0 Å². The van der Waals surface area contributed by atoms with E-state index in [1.807, 2.05) is 26.0 Å². The molecule has 0 aliphatic carbocycles. The third-order valence-electron chi connectivity index (χ3n) is 3.42. The molecule has 1 aliphatic rings. The second-order valence-corrected chi connectivity index (χ2v) is 5.09. The molecule has 3 atom stereocenters. The number of nitrogens with one attached hydrogen (secondary N) is 1. The first-order valence-corrected chi connectivity index (χ1v) is 6.70. The number of furan rings is 1. The number of rotatable bonds is 7. The first-order valence-electron chi connectivity index (χ1n) is 6.70. The van der Waals surface area contributed by atoms with E-state index in [4.69, 9.17) is 13.9 Å². The summed E-state index contributed by atoms with van der Waals surface area (Å²) in [6.07, 6.45) is -0.432. The highest BCUT2D eigenvalue weighted by Gasteiger charge is 2.41. The predicted molar refractivity (Wildman–Crippen MR) is 73.1 cm³/mol. The average Bonchev–Trinajstić information content (AvgIpc) is 3.05. The Morgan fingerprint density at radius 1 is 1.50 bits per heavy atom. The Hall–Kier alpha value is -1.37. The molecule has 0 aromatic carbocycles. The van der Waals surface area contributed by atoms with E-state index in [2.05, 4.69) is 10.2 Å². The van der Waals surface area contributed by atoms with Crippen LogP contribution in [0.15, 0.2) is 16.5 Å². The van der Waals surface area contributed by atoms with Crippen molar-refractivity contribution < 1.29 is 18.7 Å². The molecule has 1 fully saturated rings. The average molecular weight is 282 g/mol. The molecule has 1 N–H and O–H groups in total. The van der Waals surface area contributed by atoms with Crippen LogP contribution in [0.25, 0.3) is 0 Å². The molecule has 1 aliphatic heterocycles. The number of nitrogens with zero attached hydrogens (tertiary/aromatic N) is 1. The summed E-state index contributed by atoms with van der Waals surface area (Å²) in [5.41, 5.74) is 0. The van der Waals surface area contributed by atoms with Gasteiger partial charge in [0.2, 0.25) is 5.91 Å². The van der Waals surface area contributed by atoms with E-state index in [0.717, 1.165) is 18.1 Å². The van der Waals surface area contributed by atoms with Crippen LogP contribution in [0.2, 0.25) is 0 Å². The van der Waals surface area contributed by atoms with Gasteiger partial charge < -0.3 is 19.2 Å². The van der Waals surface area contributed by atoms with Crippen LogP contribution in [0.4, 0.5) is 0 Å². The van der Waals surface area contributed by atoms with E-state index < -0.39 is 6.29 Å². The molecule has 1 saturated heterocycles. The lowest BCUT2D eigenvalue weighted by Crippen LogP contribution is -2.45. The molecule has 0 bridgehead atoms. The standard InChI is InChI=1S/C14H22N2O4/c1-9-5-6-11(20-9)7-16-8-12(16)13(17)15-10(2)14(18-3)19-4/h5-6,10,12,14H,7-8H2,1-4H3,(H,15,17). The molecule has 1 amide bonds. The van der Waals surface area contributed by atoms with E-state index in [-0.39, 0.29) is 18.0 Å². The van der Waals surface area contributed by atoms with Gasteiger partial charge in [-0.1, -0.05) is 0 Å². The second kappa shape index (κ2) is 6.39. The van der Waals surface area contributed by atoms with E-state index >= 15 is 0 Å². The maximum absolute atomic E-state index is 12.1. The smallest absolute Gasteiger partial charge is 0.239 e. The number of methoxy groups -OCH3 is 2. The lowest BCUT2D eigenvalue weighted by Gasteiger charge is -2.22. The predicted octanol–water partition coefficient (Wildman–Crippen LogP) is 0.896. The Balaban J connectivity index is 1.78. The molecule has 0 saturated carbocycles. The Bertz CT molecular complexity index is 456. The van der Waals surface area contributed by atoms with Gasteiger partial charge in [0.05, 0.1) is 12.6 Å². The van der Waals surface area contributed by atoms with Gasteiger partial charge in [-0.05, 0) is 26.0 Å². The summed E-state index contributed by atoms with van der Waals surface area (Å²) < 4.78 is 15.7. The van der Waals surface area contributed by atoms with Crippen molar-refractivity contribution in [3.05, 3.63) is 23.7 Å². The van der Waals surface area contributed by atoms with Gasteiger partial charge >= 0.3 is 0 Å². The first kappa shape index (κ1) is 15.0. The second-order valence-electron chi connectivity index (χ2n) is 5.09. The van der Waals surface area contributed by atoms with Crippen molar-refractivity contribution in [2.45, 2.75) is 38.8 Å². The number of hydrogen-bond acceptors (Lipinski definition) is 5. The minimum absolute atomic E-state index is 0.000113. The van der Waals surface area contributed by atoms with Gasteiger partial charge in [0.15, 0.2) is 6.29 Å². The van der Waals surface area contributed by atoms with Crippen LogP contribution in [-0.2, 0) is 20.8 Å². The molecule has 2 heterocycles. The molecule has 3 unspecified atom stereocenters. The number of aryl methyl sites for hydroxylation is 1. The Morgan fingerprint density at radius 2 is 2.20 bits per heavy atom. The van der Waals surface area contributed by atoms with Gasteiger partial charge in [0.25, 0.3) is 0 Å². The largest absolute Gasteiger partial charge is 0.465 e. The molecule has 1 aromatic rings. The van der Waals surface area contributed by atoms with Crippen LogP contribution in [0.5, 0.6) is 0 Å². The first-order chi connectivity index (χ1) is 9.55. The van der Waals surface area contributed by atoms with Crippen molar-refractivity contribution in [2.75, 3.05) is 20.8 Å². The zero-order chi connectivity index (χ0) is 14.7. The zero-order valence-electron chi connectivity index (χ0n) is 12.4. The van der Waals surface area contributed by atoms with Crippen LogP contribution >= 0.6 is 0 Å². The lowest BCUT2D eigenvalue weighted by atomic mass is 10.3. The fourth-order valence-corrected chi connectivity index (χ4v) is 2.26. The van der Waals surface area contributed by atoms with Crippen molar-refractivity contribution in [3.8, 4) is 0 Å². The van der Waals surface area contributed by atoms with Gasteiger partial charge in [-0.2, -0.15) is 0 Å². The fraction of sp³-hybridized carbons (Fsp3) is 0.643.